The molecule has 7 heteroatoms. The van der Waals surface area contributed by atoms with Gasteiger partial charge in [0.1, 0.15) is 12.0 Å². The molecule has 0 aromatic carbocycles. The first-order valence-corrected chi connectivity index (χ1v) is 10.6. The maximum absolute atomic E-state index is 12.8. The number of thioether (sulfide) groups is 1. The van der Waals surface area contributed by atoms with Crippen LogP contribution in [-0.2, 0) is 0 Å². The van der Waals surface area contributed by atoms with E-state index in [2.05, 4.69) is 20.1 Å². The second-order valence-corrected chi connectivity index (χ2v) is 8.83. The average Bonchev–Trinajstić information content (AvgIpc) is 3.24. The normalized spacial score (nSPS) is 28.5. The molecule has 26 heavy (non-hydrogen) atoms. The molecule has 5 heterocycles. The standard InChI is InChI=1S/C19H24N4O2S/c24-19(21-14-7-13-1-2-22(10-13)11-14)16-8-15-17(12-25-18(15)9-20-16)23-3-5-26-6-4-23/h8-9,12-14H,1-7,10-11H2,(H,21,24). The van der Waals surface area contributed by atoms with Crippen molar-refractivity contribution in [3.05, 3.63) is 24.2 Å². The lowest BCUT2D eigenvalue weighted by Crippen LogP contribution is -2.47. The summed E-state index contributed by atoms with van der Waals surface area (Å²) in [5.74, 6) is 2.93. The monoisotopic (exact) mass is 372 g/mol. The largest absolute Gasteiger partial charge is 0.460 e. The summed E-state index contributed by atoms with van der Waals surface area (Å²) in [6.45, 7) is 5.37. The molecule has 1 amide bonds. The third kappa shape index (κ3) is 3.07. The molecule has 3 saturated heterocycles. The minimum atomic E-state index is -0.0688. The van der Waals surface area contributed by atoms with Crippen molar-refractivity contribution in [2.24, 2.45) is 5.92 Å². The number of rotatable bonds is 3. The Morgan fingerprint density at radius 2 is 2.15 bits per heavy atom. The molecule has 1 N–H and O–H groups in total. The number of amides is 1. The Morgan fingerprint density at radius 3 is 3.00 bits per heavy atom. The molecule has 0 aliphatic carbocycles. The molecule has 6 nitrogen and oxygen atoms in total. The zero-order chi connectivity index (χ0) is 17.5. The van der Waals surface area contributed by atoms with Crippen LogP contribution in [0.5, 0.6) is 0 Å². The van der Waals surface area contributed by atoms with Crippen LogP contribution in [0.4, 0.5) is 5.69 Å². The molecule has 5 rings (SSSR count). The van der Waals surface area contributed by atoms with Gasteiger partial charge in [0.05, 0.1) is 11.9 Å². The van der Waals surface area contributed by atoms with E-state index in [0.717, 1.165) is 60.1 Å². The lowest BCUT2D eigenvalue weighted by atomic mass is 9.97. The van der Waals surface area contributed by atoms with Gasteiger partial charge in [-0.15, -0.1) is 0 Å². The van der Waals surface area contributed by atoms with Gasteiger partial charge in [0.25, 0.3) is 5.91 Å². The number of piperidine rings is 1. The van der Waals surface area contributed by atoms with Gasteiger partial charge < -0.3 is 19.5 Å². The minimum Gasteiger partial charge on any atom is -0.460 e. The minimum absolute atomic E-state index is 0.0688. The molecule has 0 spiro atoms. The Kier molecular flexibility index (Phi) is 4.29. The number of furan rings is 1. The van der Waals surface area contributed by atoms with Crippen molar-refractivity contribution < 1.29 is 9.21 Å². The van der Waals surface area contributed by atoms with Crippen molar-refractivity contribution in [1.82, 2.24) is 15.2 Å². The topological polar surface area (TPSA) is 61.6 Å². The lowest BCUT2D eigenvalue weighted by Gasteiger charge is -2.30. The Balaban J connectivity index is 1.35. The average molecular weight is 372 g/mol. The molecule has 2 aromatic heterocycles. The fourth-order valence-corrected chi connectivity index (χ4v) is 5.42. The number of nitrogens with zero attached hydrogens (tertiary/aromatic N) is 3. The maximum Gasteiger partial charge on any atom is 0.270 e. The summed E-state index contributed by atoms with van der Waals surface area (Å²) < 4.78 is 5.67. The van der Waals surface area contributed by atoms with Gasteiger partial charge in [-0.25, -0.2) is 4.98 Å². The van der Waals surface area contributed by atoms with Crippen molar-refractivity contribution in [3.8, 4) is 0 Å². The molecule has 3 aliphatic rings. The first kappa shape index (κ1) is 16.4. The highest BCUT2D eigenvalue weighted by Gasteiger charge is 2.33. The smallest absolute Gasteiger partial charge is 0.270 e. The summed E-state index contributed by atoms with van der Waals surface area (Å²) in [5.41, 5.74) is 2.31. The summed E-state index contributed by atoms with van der Waals surface area (Å²) in [6.07, 6.45) is 5.84. The van der Waals surface area contributed by atoms with Crippen molar-refractivity contribution in [1.29, 1.82) is 0 Å². The van der Waals surface area contributed by atoms with Crippen LogP contribution < -0.4 is 10.2 Å². The van der Waals surface area contributed by atoms with E-state index >= 15 is 0 Å². The molecule has 0 saturated carbocycles. The van der Waals surface area contributed by atoms with Gasteiger partial charge in [-0.2, -0.15) is 11.8 Å². The zero-order valence-corrected chi connectivity index (χ0v) is 15.6. The van der Waals surface area contributed by atoms with Gasteiger partial charge in [0.15, 0.2) is 5.58 Å². The molecule has 2 bridgehead atoms. The first-order valence-electron chi connectivity index (χ1n) is 9.49. The fourth-order valence-electron chi connectivity index (χ4n) is 4.52. The number of hydrogen-bond acceptors (Lipinski definition) is 6. The van der Waals surface area contributed by atoms with Gasteiger partial charge in [0.2, 0.25) is 0 Å². The van der Waals surface area contributed by atoms with Crippen LogP contribution in [-0.4, -0.2) is 66.1 Å². The molecule has 3 aliphatic heterocycles. The van der Waals surface area contributed by atoms with E-state index in [-0.39, 0.29) is 11.9 Å². The van der Waals surface area contributed by atoms with Gasteiger partial charge in [-0.1, -0.05) is 0 Å². The van der Waals surface area contributed by atoms with Crippen LogP contribution in [0, 0.1) is 5.92 Å². The van der Waals surface area contributed by atoms with Crippen LogP contribution in [0.2, 0.25) is 0 Å². The Labute approximate surface area is 157 Å². The summed E-state index contributed by atoms with van der Waals surface area (Å²) in [6, 6.07) is 2.13. The summed E-state index contributed by atoms with van der Waals surface area (Å²) in [4.78, 5) is 21.9. The second-order valence-electron chi connectivity index (χ2n) is 7.61. The number of hydrogen-bond donors (Lipinski definition) is 1. The van der Waals surface area contributed by atoms with Gasteiger partial charge in [-0.05, 0) is 31.4 Å². The number of carbonyl (C=O) groups excluding carboxylic acids is 1. The van der Waals surface area contributed by atoms with E-state index in [1.54, 1.807) is 12.5 Å². The van der Waals surface area contributed by atoms with E-state index in [4.69, 9.17) is 4.42 Å². The third-order valence-electron chi connectivity index (χ3n) is 5.83. The number of fused-ring (bicyclic) bond motifs is 3. The third-order valence-corrected chi connectivity index (χ3v) is 6.77. The Bertz CT molecular complexity index is 805. The summed E-state index contributed by atoms with van der Waals surface area (Å²) in [7, 11) is 0. The summed E-state index contributed by atoms with van der Waals surface area (Å²) in [5, 5.41) is 4.19. The molecule has 3 unspecified atom stereocenters. The fraction of sp³-hybridized carbons (Fsp3) is 0.579. The number of carbonyl (C=O) groups is 1. The van der Waals surface area contributed by atoms with E-state index in [0.29, 0.717) is 5.69 Å². The highest BCUT2D eigenvalue weighted by molar-refractivity contribution is 7.99. The van der Waals surface area contributed by atoms with E-state index < -0.39 is 0 Å². The number of pyridine rings is 1. The van der Waals surface area contributed by atoms with Crippen molar-refractivity contribution >= 4 is 34.3 Å². The van der Waals surface area contributed by atoms with Gasteiger partial charge >= 0.3 is 0 Å². The molecule has 2 aromatic rings. The van der Waals surface area contributed by atoms with E-state index in [9.17, 15) is 4.79 Å². The molecule has 0 radical (unpaired) electrons. The van der Waals surface area contributed by atoms with Crippen LogP contribution in [0.15, 0.2) is 22.9 Å². The molecular weight excluding hydrogens is 348 g/mol. The van der Waals surface area contributed by atoms with Crippen LogP contribution in [0.25, 0.3) is 11.0 Å². The highest BCUT2D eigenvalue weighted by Crippen LogP contribution is 2.31. The van der Waals surface area contributed by atoms with Gasteiger partial charge in [0, 0.05) is 49.1 Å². The van der Waals surface area contributed by atoms with Crippen molar-refractivity contribution in [3.63, 3.8) is 0 Å². The number of nitrogens with one attached hydrogen (secondary N) is 1. The van der Waals surface area contributed by atoms with Crippen LogP contribution in [0.1, 0.15) is 23.3 Å². The Morgan fingerprint density at radius 1 is 1.27 bits per heavy atom. The predicted octanol–water partition coefficient (Wildman–Crippen LogP) is 2.20. The van der Waals surface area contributed by atoms with Crippen LogP contribution in [0.3, 0.4) is 0 Å². The predicted molar refractivity (Wildman–Crippen MR) is 104 cm³/mol. The van der Waals surface area contributed by atoms with E-state index in [1.807, 2.05) is 17.8 Å². The maximum atomic E-state index is 12.8. The van der Waals surface area contributed by atoms with Crippen LogP contribution >= 0.6 is 11.8 Å². The Hall–Kier alpha value is -1.73. The van der Waals surface area contributed by atoms with Gasteiger partial charge in [-0.3, -0.25) is 4.79 Å². The van der Waals surface area contributed by atoms with Crippen molar-refractivity contribution in [2.45, 2.75) is 18.9 Å². The molecule has 3 atom stereocenters. The summed E-state index contributed by atoms with van der Waals surface area (Å²) >= 11 is 1.98. The number of anilines is 1. The first-order chi connectivity index (χ1) is 12.8. The SMILES string of the molecule is O=C(NC1CC2CCN(C2)C1)c1cc2c(N3CCSCC3)coc2cn1. The van der Waals surface area contributed by atoms with Crippen molar-refractivity contribution in [2.75, 3.05) is 49.1 Å². The molecule has 138 valence electrons. The lowest BCUT2D eigenvalue weighted by molar-refractivity contribution is 0.0904. The van der Waals surface area contributed by atoms with E-state index in [1.165, 1.54) is 19.5 Å². The highest BCUT2D eigenvalue weighted by atomic mass is 32.2. The molecular formula is C19H24N4O2S. The molecule has 3 fully saturated rings. The quantitative estimate of drug-likeness (QED) is 0.891. The second kappa shape index (κ2) is 6.78. The zero-order valence-electron chi connectivity index (χ0n) is 14.8. The number of aromatic nitrogens is 1.